The lowest BCUT2D eigenvalue weighted by Gasteiger charge is -2.23. The van der Waals surface area contributed by atoms with Crippen LogP contribution in [0.5, 0.6) is 5.75 Å². The highest BCUT2D eigenvalue weighted by Crippen LogP contribution is 2.29. The van der Waals surface area contributed by atoms with Crippen LogP contribution in [0.3, 0.4) is 0 Å². The number of rotatable bonds is 2. The molecule has 1 fully saturated rings. The number of nitrogens with one attached hydrogen (secondary N) is 2. The Kier molecular flexibility index (Phi) is 2.54. The maximum atomic E-state index is 5.27. The summed E-state index contributed by atoms with van der Waals surface area (Å²) in [6.45, 7) is 1.12. The monoisotopic (exact) mass is 180 g/mol. The molecule has 2 heterocycles. The number of ether oxygens (including phenoxy) is 1. The van der Waals surface area contributed by atoms with Gasteiger partial charge in [-0.05, 0) is 19.4 Å². The second-order valence-corrected chi connectivity index (χ2v) is 3.48. The van der Waals surface area contributed by atoms with Crippen LogP contribution >= 0.6 is 0 Å². The van der Waals surface area contributed by atoms with Crippen LogP contribution in [0.2, 0.25) is 0 Å². The summed E-state index contributed by atoms with van der Waals surface area (Å²) >= 11 is 0. The molecule has 13 heavy (non-hydrogen) atoms. The number of hydrogen-bond donors (Lipinski definition) is 2. The molecule has 72 valence electrons. The first kappa shape index (κ1) is 8.63. The first-order valence-corrected chi connectivity index (χ1v) is 4.86. The maximum absolute atomic E-state index is 5.27. The van der Waals surface area contributed by atoms with E-state index in [0.717, 1.165) is 12.3 Å². The Balaban J connectivity index is 2.13. The van der Waals surface area contributed by atoms with Gasteiger partial charge >= 0.3 is 0 Å². The third-order valence-corrected chi connectivity index (χ3v) is 2.64. The van der Waals surface area contributed by atoms with Gasteiger partial charge in [-0.1, -0.05) is 6.42 Å². The van der Waals surface area contributed by atoms with Gasteiger partial charge in [-0.3, -0.25) is 0 Å². The molecule has 1 aromatic rings. The molecule has 0 amide bonds. The molecule has 0 aromatic carbocycles. The second-order valence-electron chi connectivity index (χ2n) is 3.48. The topological polar surface area (TPSA) is 37.0 Å². The van der Waals surface area contributed by atoms with Gasteiger partial charge in [0.05, 0.1) is 7.11 Å². The Hall–Kier alpha value is -0.960. The van der Waals surface area contributed by atoms with Crippen molar-refractivity contribution in [3.05, 3.63) is 18.0 Å². The van der Waals surface area contributed by atoms with Crippen molar-refractivity contribution in [2.75, 3.05) is 13.7 Å². The molecule has 1 aliphatic rings. The van der Waals surface area contributed by atoms with Crippen molar-refractivity contribution in [3.63, 3.8) is 0 Å². The van der Waals surface area contributed by atoms with Crippen molar-refractivity contribution in [1.29, 1.82) is 0 Å². The van der Waals surface area contributed by atoms with E-state index in [-0.39, 0.29) is 0 Å². The summed E-state index contributed by atoms with van der Waals surface area (Å²) in [5.41, 5.74) is 1.27. The quantitative estimate of drug-likeness (QED) is 0.728. The Morgan fingerprint density at radius 2 is 2.31 bits per heavy atom. The number of piperidine rings is 1. The summed E-state index contributed by atoms with van der Waals surface area (Å²) in [5.74, 6) is 0.972. The van der Waals surface area contributed by atoms with Crippen LogP contribution in [0.15, 0.2) is 12.4 Å². The zero-order valence-corrected chi connectivity index (χ0v) is 7.97. The minimum atomic E-state index is 0.481. The van der Waals surface area contributed by atoms with Crippen molar-refractivity contribution >= 4 is 0 Å². The van der Waals surface area contributed by atoms with Crippen LogP contribution in [0.25, 0.3) is 0 Å². The Labute approximate surface area is 78.5 Å². The van der Waals surface area contributed by atoms with Crippen LogP contribution in [-0.2, 0) is 0 Å². The van der Waals surface area contributed by atoms with Gasteiger partial charge < -0.3 is 15.0 Å². The smallest absolute Gasteiger partial charge is 0.141 e. The summed E-state index contributed by atoms with van der Waals surface area (Å²) in [4.78, 5) is 3.08. The normalized spacial score (nSPS) is 23.0. The molecule has 0 radical (unpaired) electrons. The largest absolute Gasteiger partial charge is 0.495 e. The van der Waals surface area contributed by atoms with E-state index in [9.17, 15) is 0 Å². The van der Waals surface area contributed by atoms with E-state index < -0.39 is 0 Å². The lowest BCUT2D eigenvalue weighted by Crippen LogP contribution is -2.26. The molecule has 1 aromatic heterocycles. The minimum Gasteiger partial charge on any atom is -0.495 e. The molecule has 0 saturated carbocycles. The Morgan fingerprint density at radius 3 is 3.00 bits per heavy atom. The van der Waals surface area contributed by atoms with Gasteiger partial charge in [-0.25, -0.2) is 0 Å². The minimum absolute atomic E-state index is 0.481. The third-order valence-electron chi connectivity index (χ3n) is 2.64. The maximum Gasteiger partial charge on any atom is 0.141 e. The second kappa shape index (κ2) is 3.83. The molecule has 2 rings (SSSR count). The first-order valence-electron chi connectivity index (χ1n) is 4.86. The van der Waals surface area contributed by atoms with Crippen LogP contribution < -0.4 is 10.1 Å². The average Bonchev–Trinajstić information content (AvgIpc) is 2.67. The Bertz CT molecular complexity index is 264. The molecule has 0 bridgehead atoms. The van der Waals surface area contributed by atoms with E-state index in [1.54, 1.807) is 7.11 Å². The van der Waals surface area contributed by atoms with E-state index in [4.69, 9.17) is 4.74 Å². The SMILES string of the molecule is COc1c[nH]cc1[C@@H]1CCCCN1. The molecular weight excluding hydrogens is 164 g/mol. The van der Waals surface area contributed by atoms with Crippen LogP contribution in [0.1, 0.15) is 30.9 Å². The van der Waals surface area contributed by atoms with E-state index in [0.29, 0.717) is 6.04 Å². The zero-order valence-electron chi connectivity index (χ0n) is 7.97. The summed E-state index contributed by atoms with van der Waals surface area (Å²) in [7, 11) is 1.72. The van der Waals surface area contributed by atoms with Crippen LogP contribution in [0.4, 0.5) is 0 Å². The van der Waals surface area contributed by atoms with Gasteiger partial charge in [-0.2, -0.15) is 0 Å². The average molecular weight is 180 g/mol. The number of H-pyrrole nitrogens is 1. The molecule has 3 nitrogen and oxygen atoms in total. The van der Waals surface area contributed by atoms with E-state index >= 15 is 0 Å². The highest BCUT2D eigenvalue weighted by Gasteiger charge is 2.18. The molecule has 0 aliphatic carbocycles. The standard InChI is InChI=1S/C10H16N2O/c1-13-10-7-11-6-8(10)9-4-2-3-5-12-9/h6-7,9,11-12H,2-5H2,1H3/t9-/m0/s1. The van der Waals surface area contributed by atoms with Gasteiger partial charge in [0.15, 0.2) is 0 Å². The fourth-order valence-electron chi connectivity index (χ4n) is 1.93. The van der Waals surface area contributed by atoms with Gasteiger partial charge in [0.1, 0.15) is 5.75 Å². The summed E-state index contributed by atoms with van der Waals surface area (Å²) in [6, 6.07) is 0.481. The zero-order chi connectivity index (χ0) is 9.10. The summed E-state index contributed by atoms with van der Waals surface area (Å²) in [6.07, 6.45) is 7.76. The number of methoxy groups -OCH3 is 1. The first-order chi connectivity index (χ1) is 6.42. The molecule has 2 N–H and O–H groups in total. The van der Waals surface area contributed by atoms with E-state index in [2.05, 4.69) is 10.3 Å². The van der Waals surface area contributed by atoms with Crippen molar-refractivity contribution in [2.24, 2.45) is 0 Å². The highest BCUT2D eigenvalue weighted by molar-refractivity contribution is 5.33. The third kappa shape index (κ3) is 1.70. The molecule has 0 spiro atoms. The summed E-state index contributed by atoms with van der Waals surface area (Å²) < 4.78 is 5.27. The van der Waals surface area contributed by atoms with Gasteiger partial charge in [0.25, 0.3) is 0 Å². The fourth-order valence-corrected chi connectivity index (χ4v) is 1.93. The Morgan fingerprint density at radius 1 is 1.38 bits per heavy atom. The highest BCUT2D eigenvalue weighted by atomic mass is 16.5. The molecule has 1 aliphatic heterocycles. The van der Waals surface area contributed by atoms with Crippen molar-refractivity contribution in [3.8, 4) is 5.75 Å². The van der Waals surface area contributed by atoms with Gasteiger partial charge in [0, 0.05) is 24.0 Å². The summed E-state index contributed by atoms with van der Waals surface area (Å²) in [5, 5.41) is 3.50. The lowest BCUT2D eigenvalue weighted by molar-refractivity contribution is 0.376. The van der Waals surface area contributed by atoms with Crippen molar-refractivity contribution in [2.45, 2.75) is 25.3 Å². The number of hydrogen-bond acceptors (Lipinski definition) is 2. The number of aromatic nitrogens is 1. The van der Waals surface area contributed by atoms with E-state index in [1.807, 2.05) is 12.4 Å². The molecule has 1 atom stereocenters. The van der Waals surface area contributed by atoms with Crippen LogP contribution in [-0.4, -0.2) is 18.6 Å². The molecule has 3 heteroatoms. The van der Waals surface area contributed by atoms with Gasteiger partial charge in [-0.15, -0.1) is 0 Å². The predicted molar refractivity (Wildman–Crippen MR) is 51.9 cm³/mol. The number of aromatic amines is 1. The predicted octanol–water partition coefficient (Wildman–Crippen LogP) is 1.84. The van der Waals surface area contributed by atoms with E-state index in [1.165, 1.54) is 24.8 Å². The van der Waals surface area contributed by atoms with Crippen molar-refractivity contribution < 1.29 is 4.74 Å². The molecule has 0 unspecified atom stereocenters. The molecule has 1 saturated heterocycles. The van der Waals surface area contributed by atoms with Gasteiger partial charge in [0.2, 0.25) is 0 Å². The molecular formula is C10H16N2O. The van der Waals surface area contributed by atoms with Crippen molar-refractivity contribution in [1.82, 2.24) is 10.3 Å². The lowest BCUT2D eigenvalue weighted by atomic mass is 9.99. The van der Waals surface area contributed by atoms with Crippen LogP contribution in [0, 0.1) is 0 Å². The fraction of sp³-hybridized carbons (Fsp3) is 0.600.